The van der Waals surface area contributed by atoms with E-state index < -0.39 is 8.32 Å². The summed E-state index contributed by atoms with van der Waals surface area (Å²) in [6, 6.07) is 0. The van der Waals surface area contributed by atoms with Crippen molar-refractivity contribution < 1.29 is 4.43 Å². The first-order valence-corrected chi connectivity index (χ1v) is 8.98. The Kier molecular flexibility index (Phi) is 6.51. The van der Waals surface area contributed by atoms with E-state index >= 15 is 0 Å². The van der Waals surface area contributed by atoms with Gasteiger partial charge in [0.15, 0.2) is 0 Å². The van der Waals surface area contributed by atoms with E-state index in [2.05, 4.69) is 61.3 Å². The predicted molar refractivity (Wildman–Crippen MR) is 79.6 cm³/mol. The molecule has 0 fully saturated rings. The van der Waals surface area contributed by atoms with E-state index in [4.69, 9.17) is 10.8 Å². The van der Waals surface area contributed by atoms with Crippen LogP contribution in [-0.4, -0.2) is 14.4 Å². The van der Waals surface area contributed by atoms with Gasteiger partial charge in [0.25, 0.3) is 0 Å². The van der Waals surface area contributed by atoms with Crippen molar-refractivity contribution in [3.05, 3.63) is 0 Å². The molecular weight excluding hydrogens is 224 g/mol. The summed E-state index contributed by atoms with van der Waals surface area (Å²) in [5.41, 5.74) is 1.78. The molecule has 0 heterocycles. The molecule has 100 valence electrons. The van der Waals surface area contributed by atoms with Crippen LogP contribution in [0.15, 0.2) is 0 Å². The van der Waals surface area contributed by atoms with E-state index in [1.165, 1.54) is 0 Å². The van der Waals surface area contributed by atoms with Crippen LogP contribution in [0.25, 0.3) is 0 Å². The Hall–Kier alpha value is -0.263. The highest BCUT2D eigenvalue weighted by molar-refractivity contribution is 6.77. The first-order valence-electron chi connectivity index (χ1n) is 6.84. The molecule has 1 atom stereocenters. The highest BCUT2D eigenvalue weighted by atomic mass is 28.4. The lowest BCUT2D eigenvalue weighted by molar-refractivity contribution is 0.179. The first kappa shape index (κ1) is 16.7. The smallest absolute Gasteiger partial charge is 0.202 e. The van der Waals surface area contributed by atoms with Crippen molar-refractivity contribution in [1.29, 1.82) is 0 Å². The predicted octanol–water partition coefficient (Wildman–Crippen LogP) is 4.84. The Morgan fingerprint density at radius 3 is 1.35 bits per heavy atom. The zero-order chi connectivity index (χ0) is 13.8. The monoisotopic (exact) mass is 254 g/mol. The molecule has 0 spiro atoms. The largest absolute Gasteiger partial charge is 0.402 e. The maximum absolute atomic E-state index is 6.54. The Bertz CT molecular complexity index is 239. The molecule has 0 aromatic rings. The highest BCUT2D eigenvalue weighted by Crippen LogP contribution is 2.43. The molecule has 0 aromatic heterocycles. The second-order valence-electron chi connectivity index (χ2n) is 6.27. The molecule has 0 rings (SSSR count). The number of hydrogen-bond donors (Lipinski definition) is 0. The van der Waals surface area contributed by atoms with E-state index in [1.54, 1.807) is 0 Å². The van der Waals surface area contributed by atoms with E-state index in [0.29, 0.717) is 22.5 Å². The van der Waals surface area contributed by atoms with E-state index in [0.717, 1.165) is 0 Å². The van der Waals surface area contributed by atoms with Crippen LogP contribution in [0.2, 0.25) is 16.6 Å². The van der Waals surface area contributed by atoms with Crippen LogP contribution in [0.4, 0.5) is 0 Å². The van der Waals surface area contributed by atoms with E-state index in [-0.39, 0.29) is 6.10 Å². The third kappa shape index (κ3) is 3.60. The van der Waals surface area contributed by atoms with Crippen molar-refractivity contribution in [3.63, 3.8) is 0 Å². The summed E-state index contributed by atoms with van der Waals surface area (Å²) in [4.78, 5) is 0. The standard InChI is InChI=1S/C15H30OSi/c1-10-15(11(2)3)16-17(12(4)5,13(6)7)14(8)9/h1,11-15H,2-9H3/t15-/m1/s1. The SMILES string of the molecule is C#C[C@@H](O[Si](C(C)C)(C(C)C)C(C)C)C(C)C. The van der Waals surface area contributed by atoms with Crippen LogP contribution < -0.4 is 0 Å². The fourth-order valence-electron chi connectivity index (χ4n) is 2.99. The minimum atomic E-state index is -1.82. The Morgan fingerprint density at radius 2 is 1.18 bits per heavy atom. The van der Waals surface area contributed by atoms with Crippen LogP contribution in [0, 0.1) is 18.3 Å². The second kappa shape index (κ2) is 6.61. The zero-order valence-corrected chi connectivity index (χ0v) is 13.9. The Balaban J connectivity index is 5.26. The van der Waals surface area contributed by atoms with Crippen LogP contribution in [0.3, 0.4) is 0 Å². The minimum absolute atomic E-state index is 0.0335. The molecule has 0 aliphatic rings. The maximum Gasteiger partial charge on any atom is 0.202 e. The summed E-state index contributed by atoms with van der Waals surface area (Å²) in [5.74, 6) is 3.23. The molecule has 2 heteroatoms. The molecule has 0 saturated heterocycles. The lowest BCUT2D eigenvalue weighted by atomic mass is 10.1. The summed E-state index contributed by atoms with van der Waals surface area (Å²) in [6.45, 7) is 18.0. The van der Waals surface area contributed by atoms with Gasteiger partial charge in [0, 0.05) is 0 Å². The van der Waals surface area contributed by atoms with E-state index in [9.17, 15) is 0 Å². The van der Waals surface area contributed by atoms with Crippen LogP contribution in [0.5, 0.6) is 0 Å². The molecule has 0 N–H and O–H groups in total. The number of hydrogen-bond acceptors (Lipinski definition) is 1. The molecular formula is C15H30OSi. The first-order chi connectivity index (χ1) is 7.70. The molecule has 0 bridgehead atoms. The second-order valence-corrected chi connectivity index (χ2v) is 11.7. The average Bonchev–Trinajstić information content (AvgIpc) is 2.16. The average molecular weight is 254 g/mol. The third-order valence-electron chi connectivity index (χ3n) is 3.81. The van der Waals surface area contributed by atoms with Crippen molar-refractivity contribution in [1.82, 2.24) is 0 Å². The van der Waals surface area contributed by atoms with Crippen molar-refractivity contribution in [2.75, 3.05) is 0 Å². The van der Waals surface area contributed by atoms with Crippen molar-refractivity contribution in [3.8, 4) is 12.3 Å². The summed E-state index contributed by atoms with van der Waals surface area (Å²) >= 11 is 0. The summed E-state index contributed by atoms with van der Waals surface area (Å²) in [7, 11) is -1.82. The van der Waals surface area contributed by atoms with Gasteiger partial charge >= 0.3 is 0 Å². The van der Waals surface area contributed by atoms with Gasteiger partial charge in [0.2, 0.25) is 8.32 Å². The molecule has 0 amide bonds. The molecule has 0 unspecified atom stereocenters. The van der Waals surface area contributed by atoms with Crippen LogP contribution >= 0.6 is 0 Å². The Morgan fingerprint density at radius 1 is 0.824 bits per heavy atom. The van der Waals surface area contributed by atoms with Gasteiger partial charge in [-0.1, -0.05) is 61.3 Å². The van der Waals surface area contributed by atoms with Gasteiger partial charge in [-0.05, 0) is 22.5 Å². The zero-order valence-electron chi connectivity index (χ0n) is 12.9. The summed E-state index contributed by atoms with van der Waals surface area (Å²) in [5, 5.41) is 0. The molecule has 0 aliphatic carbocycles. The van der Waals surface area contributed by atoms with Gasteiger partial charge in [-0.3, -0.25) is 0 Å². The highest BCUT2D eigenvalue weighted by Gasteiger charge is 2.46. The third-order valence-corrected chi connectivity index (χ3v) is 9.88. The summed E-state index contributed by atoms with van der Waals surface area (Å²) < 4.78 is 6.54. The van der Waals surface area contributed by atoms with Crippen molar-refractivity contribution >= 4 is 8.32 Å². The van der Waals surface area contributed by atoms with Gasteiger partial charge in [0.1, 0.15) is 6.10 Å². The van der Waals surface area contributed by atoms with Gasteiger partial charge in [-0.25, -0.2) is 0 Å². The maximum atomic E-state index is 6.54. The topological polar surface area (TPSA) is 9.23 Å². The molecule has 0 aliphatic heterocycles. The number of terminal acetylenes is 1. The van der Waals surface area contributed by atoms with Crippen LogP contribution in [-0.2, 0) is 4.43 Å². The molecule has 0 radical (unpaired) electrons. The van der Waals surface area contributed by atoms with Gasteiger partial charge in [-0.15, -0.1) is 6.42 Å². The quantitative estimate of drug-likeness (QED) is 0.487. The van der Waals surface area contributed by atoms with E-state index in [1.807, 2.05) is 0 Å². The van der Waals surface area contributed by atoms with Gasteiger partial charge in [-0.2, -0.15) is 0 Å². The van der Waals surface area contributed by atoms with Gasteiger partial charge in [0.05, 0.1) is 0 Å². The van der Waals surface area contributed by atoms with Crippen LogP contribution in [0.1, 0.15) is 55.4 Å². The lowest BCUT2D eigenvalue weighted by Crippen LogP contribution is -2.50. The summed E-state index contributed by atoms with van der Waals surface area (Å²) in [6.07, 6.45) is 5.60. The van der Waals surface area contributed by atoms with Gasteiger partial charge < -0.3 is 4.43 Å². The molecule has 0 aromatic carbocycles. The molecule has 1 nitrogen and oxygen atoms in total. The Labute approximate surface area is 109 Å². The minimum Gasteiger partial charge on any atom is -0.402 e. The number of rotatable bonds is 6. The fourth-order valence-corrected chi connectivity index (χ4v) is 8.59. The fraction of sp³-hybridized carbons (Fsp3) is 0.867. The molecule has 0 saturated carbocycles. The van der Waals surface area contributed by atoms with Crippen molar-refractivity contribution in [2.24, 2.45) is 5.92 Å². The van der Waals surface area contributed by atoms with Crippen molar-refractivity contribution in [2.45, 2.75) is 78.1 Å². The normalized spacial score (nSPS) is 14.8. The molecule has 17 heavy (non-hydrogen) atoms. The lowest BCUT2D eigenvalue weighted by Gasteiger charge is -2.44.